The zero-order chi connectivity index (χ0) is 22.3. The van der Waals surface area contributed by atoms with E-state index >= 15 is 0 Å². The van der Waals surface area contributed by atoms with Crippen LogP contribution in [0.5, 0.6) is 11.5 Å². The van der Waals surface area contributed by atoms with Crippen molar-refractivity contribution in [3.05, 3.63) is 90.0 Å². The van der Waals surface area contributed by atoms with Gasteiger partial charge in [-0.3, -0.25) is 5.41 Å². The molecule has 0 atom stereocenters. The van der Waals surface area contributed by atoms with Gasteiger partial charge in [-0.25, -0.2) is 0 Å². The van der Waals surface area contributed by atoms with Crippen LogP contribution in [0, 0.1) is 5.41 Å². The fraction of sp³-hybridized carbons (Fsp3) is 0.269. The minimum atomic E-state index is -0.147. The van der Waals surface area contributed by atoms with Gasteiger partial charge in [0.05, 0.1) is 20.3 Å². The Bertz CT molecular complexity index is 951. The van der Waals surface area contributed by atoms with Crippen molar-refractivity contribution < 1.29 is 9.47 Å². The van der Waals surface area contributed by atoms with Gasteiger partial charge in [-0.2, -0.15) is 0 Å². The maximum Gasteiger partial charge on any atom is 0.191 e. The maximum atomic E-state index is 8.79. The van der Waals surface area contributed by atoms with Crippen molar-refractivity contribution in [2.45, 2.75) is 6.04 Å². The van der Waals surface area contributed by atoms with Crippen molar-refractivity contribution >= 4 is 11.6 Å². The van der Waals surface area contributed by atoms with E-state index in [1.165, 1.54) is 5.69 Å². The number of ether oxygens (including phenoxy) is 2. The van der Waals surface area contributed by atoms with Gasteiger partial charge < -0.3 is 24.6 Å². The molecule has 0 spiro atoms. The Hall–Kier alpha value is -3.67. The molecule has 3 aromatic carbocycles. The lowest BCUT2D eigenvalue weighted by Gasteiger charge is -2.38. The summed E-state index contributed by atoms with van der Waals surface area (Å²) in [7, 11) is 3.33. The van der Waals surface area contributed by atoms with Gasteiger partial charge in [0.15, 0.2) is 5.96 Å². The fourth-order valence-electron chi connectivity index (χ4n) is 4.01. The quantitative estimate of drug-likeness (QED) is 0.455. The average molecular weight is 431 g/mol. The van der Waals surface area contributed by atoms with Crippen LogP contribution in [0.3, 0.4) is 0 Å². The average Bonchev–Trinajstić information content (AvgIpc) is 2.88. The number of hydrogen-bond acceptors (Lipinski definition) is 4. The lowest BCUT2D eigenvalue weighted by Crippen LogP contribution is -2.52. The normalized spacial score (nSPS) is 13.7. The Morgan fingerprint density at radius 1 is 0.750 bits per heavy atom. The van der Waals surface area contributed by atoms with Gasteiger partial charge in [0.25, 0.3) is 0 Å². The largest absolute Gasteiger partial charge is 0.497 e. The Labute approximate surface area is 189 Å². The number of nitrogens with zero attached hydrogens (tertiary/aromatic N) is 2. The highest BCUT2D eigenvalue weighted by molar-refractivity contribution is 5.78. The Balaban J connectivity index is 1.48. The summed E-state index contributed by atoms with van der Waals surface area (Å²) < 4.78 is 10.6. The molecule has 1 saturated heterocycles. The number of piperazine rings is 1. The summed E-state index contributed by atoms with van der Waals surface area (Å²) in [5.41, 5.74) is 3.38. The van der Waals surface area contributed by atoms with Crippen LogP contribution in [0.1, 0.15) is 17.2 Å². The molecule has 1 heterocycles. The minimum Gasteiger partial charge on any atom is -0.497 e. The predicted molar refractivity (Wildman–Crippen MR) is 129 cm³/mol. The van der Waals surface area contributed by atoms with Gasteiger partial charge in [0, 0.05) is 31.9 Å². The van der Waals surface area contributed by atoms with E-state index < -0.39 is 0 Å². The van der Waals surface area contributed by atoms with Gasteiger partial charge in [0.2, 0.25) is 0 Å². The second-order valence-electron chi connectivity index (χ2n) is 7.78. The number of guanidine groups is 1. The molecule has 0 unspecified atom stereocenters. The summed E-state index contributed by atoms with van der Waals surface area (Å²) in [6, 6.07) is 26.3. The molecule has 6 nitrogen and oxygen atoms in total. The van der Waals surface area contributed by atoms with E-state index in [4.69, 9.17) is 14.9 Å². The third kappa shape index (κ3) is 4.97. The van der Waals surface area contributed by atoms with E-state index in [2.05, 4.69) is 39.4 Å². The van der Waals surface area contributed by atoms with Crippen LogP contribution in [0.4, 0.5) is 5.69 Å². The molecule has 0 saturated carbocycles. The van der Waals surface area contributed by atoms with E-state index in [1.54, 1.807) is 14.2 Å². The number of benzene rings is 3. The molecule has 0 amide bonds. The predicted octanol–water partition coefficient (Wildman–Crippen LogP) is 4.14. The molecule has 32 heavy (non-hydrogen) atoms. The molecule has 0 aromatic heterocycles. The first-order valence-corrected chi connectivity index (χ1v) is 10.9. The first kappa shape index (κ1) is 21.6. The number of hydrogen-bond donors (Lipinski definition) is 2. The monoisotopic (exact) mass is 430 g/mol. The standard InChI is InChI=1S/C26H30N4O2/c1-31-23-12-8-20(9-13-23)25(21-10-14-24(32-2)15-11-21)28-26(27)30-18-16-29(17-19-30)22-6-4-3-5-7-22/h3-15,25H,16-19H2,1-2H3,(H2,27,28). The summed E-state index contributed by atoms with van der Waals surface area (Å²) in [6.07, 6.45) is 0. The summed E-state index contributed by atoms with van der Waals surface area (Å²) in [5.74, 6) is 2.07. The van der Waals surface area contributed by atoms with Crippen molar-refractivity contribution in [3.8, 4) is 11.5 Å². The third-order valence-electron chi connectivity index (χ3n) is 5.90. The highest BCUT2D eigenvalue weighted by Gasteiger charge is 2.22. The first-order valence-electron chi connectivity index (χ1n) is 10.9. The highest BCUT2D eigenvalue weighted by Crippen LogP contribution is 2.26. The molecule has 2 N–H and O–H groups in total. The minimum absolute atomic E-state index is 0.147. The molecule has 166 valence electrons. The van der Waals surface area contributed by atoms with Crippen molar-refractivity contribution in [2.24, 2.45) is 0 Å². The summed E-state index contributed by atoms with van der Waals surface area (Å²) in [5, 5.41) is 12.2. The first-order chi connectivity index (χ1) is 15.7. The van der Waals surface area contributed by atoms with Gasteiger partial charge in [-0.15, -0.1) is 0 Å². The van der Waals surface area contributed by atoms with Crippen molar-refractivity contribution in [1.82, 2.24) is 10.2 Å². The van der Waals surface area contributed by atoms with E-state index in [-0.39, 0.29) is 6.04 Å². The van der Waals surface area contributed by atoms with Gasteiger partial charge in [0.1, 0.15) is 11.5 Å². The van der Waals surface area contributed by atoms with Crippen molar-refractivity contribution in [2.75, 3.05) is 45.3 Å². The van der Waals surface area contributed by atoms with E-state index in [0.29, 0.717) is 5.96 Å². The Morgan fingerprint density at radius 3 is 1.72 bits per heavy atom. The molecule has 0 bridgehead atoms. The second kappa shape index (κ2) is 10.1. The van der Waals surface area contributed by atoms with Crippen LogP contribution < -0.4 is 19.7 Å². The highest BCUT2D eigenvalue weighted by atomic mass is 16.5. The second-order valence-corrected chi connectivity index (χ2v) is 7.78. The van der Waals surface area contributed by atoms with Crippen LogP contribution in [-0.2, 0) is 0 Å². The zero-order valence-corrected chi connectivity index (χ0v) is 18.6. The molecule has 1 aliphatic heterocycles. The molecule has 6 heteroatoms. The van der Waals surface area contributed by atoms with Crippen LogP contribution in [0.2, 0.25) is 0 Å². The van der Waals surface area contributed by atoms with Crippen LogP contribution in [0.15, 0.2) is 78.9 Å². The number of rotatable bonds is 6. The lowest BCUT2D eigenvalue weighted by molar-refractivity contribution is 0.367. The number of para-hydroxylation sites is 1. The molecule has 4 rings (SSSR count). The Kier molecular flexibility index (Phi) is 6.80. The fourth-order valence-corrected chi connectivity index (χ4v) is 4.01. The lowest BCUT2D eigenvalue weighted by atomic mass is 9.98. The maximum absolute atomic E-state index is 8.79. The molecule has 1 fully saturated rings. The van der Waals surface area contributed by atoms with Crippen LogP contribution in [0.25, 0.3) is 0 Å². The smallest absolute Gasteiger partial charge is 0.191 e. The summed E-state index contributed by atoms with van der Waals surface area (Å²) in [4.78, 5) is 4.48. The van der Waals surface area contributed by atoms with E-state index in [1.807, 2.05) is 54.6 Å². The molecule has 1 aliphatic rings. The molecule has 0 radical (unpaired) electrons. The number of methoxy groups -OCH3 is 2. The van der Waals surface area contributed by atoms with E-state index in [9.17, 15) is 0 Å². The van der Waals surface area contributed by atoms with Gasteiger partial charge in [-0.05, 0) is 47.5 Å². The molecular weight excluding hydrogens is 400 g/mol. The Morgan fingerprint density at radius 2 is 1.25 bits per heavy atom. The van der Waals surface area contributed by atoms with Crippen molar-refractivity contribution in [3.63, 3.8) is 0 Å². The third-order valence-corrected chi connectivity index (χ3v) is 5.90. The topological polar surface area (TPSA) is 60.8 Å². The summed E-state index contributed by atoms with van der Waals surface area (Å²) >= 11 is 0. The van der Waals surface area contributed by atoms with E-state index in [0.717, 1.165) is 48.8 Å². The van der Waals surface area contributed by atoms with Gasteiger partial charge in [-0.1, -0.05) is 42.5 Å². The summed E-state index contributed by atoms with van der Waals surface area (Å²) in [6.45, 7) is 3.39. The van der Waals surface area contributed by atoms with Crippen molar-refractivity contribution in [1.29, 1.82) is 5.41 Å². The molecule has 3 aromatic rings. The number of nitrogens with one attached hydrogen (secondary N) is 2. The van der Waals surface area contributed by atoms with Crippen LogP contribution >= 0.6 is 0 Å². The van der Waals surface area contributed by atoms with Gasteiger partial charge >= 0.3 is 0 Å². The molecular formula is C26H30N4O2. The zero-order valence-electron chi connectivity index (χ0n) is 18.6. The molecule has 0 aliphatic carbocycles. The van der Waals surface area contributed by atoms with Crippen LogP contribution in [-0.4, -0.2) is 51.3 Å². The number of anilines is 1. The SMILES string of the molecule is COc1ccc(C(NC(=N)N2CCN(c3ccccc3)CC2)c2ccc(OC)cc2)cc1.